The van der Waals surface area contributed by atoms with Gasteiger partial charge in [-0.05, 0) is 0 Å². The predicted molar refractivity (Wildman–Crippen MR) is 161 cm³/mol. The number of hydrogen-bond donors (Lipinski definition) is 0. The van der Waals surface area contributed by atoms with Crippen LogP contribution in [-0.4, -0.2) is 198 Å². The molecule has 2 saturated heterocycles. The molecule has 0 bridgehead atoms. The van der Waals surface area contributed by atoms with Gasteiger partial charge in [-0.3, -0.25) is 0 Å². The fourth-order valence-corrected chi connectivity index (χ4v) is 6.23. The lowest BCUT2D eigenvalue weighted by Crippen LogP contribution is -2.66. The molecule has 0 N–H and O–H groups in total. The summed E-state index contributed by atoms with van der Waals surface area (Å²) in [5.74, 6) is 0. The van der Waals surface area contributed by atoms with Gasteiger partial charge in [-0.1, -0.05) is 0 Å². The van der Waals surface area contributed by atoms with Crippen LogP contribution in [0.1, 0.15) is 0 Å². The molecule has 46 heavy (non-hydrogen) atoms. The van der Waals surface area contributed by atoms with Crippen LogP contribution < -0.4 is 0 Å². The summed E-state index contributed by atoms with van der Waals surface area (Å²) in [6, 6.07) is 0. The van der Waals surface area contributed by atoms with Gasteiger partial charge in [0.15, 0.2) is 12.6 Å². The molecule has 0 radical (unpaired) electrons. The molecular weight excluding hydrogens is 616 g/mol. The Morgan fingerprint density at radius 1 is 0.435 bits per heavy atom. The van der Waals surface area contributed by atoms with Crippen LogP contribution in [0.15, 0.2) is 0 Å². The first-order valence-corrected chi connectivity index (χ1v) is 15.1. The van der Waals surface area contributed by atoms with E-state index in [2.05, 4.69) is 0 Å². The molecule has 2 aliphatic rings. The van der Waals surface area contributed by atoms with Crippen LogP contribution in [0.25, 0.3) is 0 Å². The minimum atomic E-state index is -1.07. The Labute approximate surface area is 273 Å². The van der Waals surface area contributed by atoms with Crippen molar-refractivity contribution in [2.75, 3.05) is 112 Å². The van der Waals surface area contributed by atoms with E-state index in [9.17, 15) is 0 Å². The highest BCUT2D eigenvalue weighted by Gasteiger charge is 2.54. The monoisotopic (exact) mass is 674 g/mol. The molecule has 2 fully saturated rings. The van der Waals surface area contributed by atoms with Gasteiger partial charge in [-0.2, -0.15) is 0 Å². The van der Waals surface area contributed by atoms with E-state index in [4.69, 9.17) is 75.8 Å². The molecule has 0 amide bonds. The molecule has 0 saturated carbocycles. The minimum absolute atomic E-state index is 0.104. The third kappa shape index (κ3) is 10.2. The van der Waals surface area contributed by atoms with Gasteiger partial charge in [0.2, 0.25) is 0 Å². The first-order chi connectivity index (χ1) is 22.3. The van der Waals surface area contributed by atoms with Crippen molar-refractivity contribution in [3.63, 3.8) is 0 Å². The van der Waals surface area contributed by atoms with Crippen LogP contribution >= 0.6 is 0 Å². The molecule has 0 aromatic carbocycles. The van der Waals surface area contributed by atoms with E-state index in [0.717, 1.165) is 0 Å². The SMILES string of the molecule is COC[C@H]1O[C@H](O[C@@H]2[C@H](O[C@H](COC)[C@@H](OC)[C@H](OC)[C@@H](COC)OC)O[C@H](COC)[C@@H](OC)[C@@H]2OC)[C@@H](OC)[C@@H](OC)[C@@H]1OC. The molecule has 2 rings (SSSR count). The highest BCUT2D eigenvalue weighted by atomic mass is 16.8. The molecule has 0 aromatic heterocycles. The van der Waals surface area contributed by atoms with Gasteiger partial charge in [-0.15, -0.1) is 0 Å². The topological polar surface area (TPSA) is 148 Å². The second kappa shape index (κ2) is 22.2. The van der Waals surface area contributed by atoms with Crippen LogP contribution in [-0.2, 0) is 75.8 Å². The normalized spacial score (nSPS) is 34.7. The average molecular weight is 675 g/mol. The maximum atomic E-state index is 6.71. The second-order valence-corrected chi connectivity index (χ2v) is 10.9. The third-order valence-corrected chi connectivity index (χ3v) is 8.37. The number of ether oxygens (including phenoxy) is 16. The van der Waals surface area contributed by atoms with Gasteiger partial charge in [-0.25, -0.2) is 0 Å². The minimum Gasteiger partial charge on any atom is -0.382 e. The van der Waals surface area contributed by atoms with Crippen molar-refractivity contribution in [3.05, 3.63) is 0 Å². The Balaban J connectivity index is 2.56. The molecule has 0 aliphatic carbocycles. The van der Waals surface area contributed by atoms with Crippen LogP contribution in [0.3, 0.4) is 0 Å². The zero-order valence-electron chi connectivity index (χ0n) is 29.4. The molecule has 0 spiro atoms. The molecule has 2 aliphatic heterocycles. The summed E-state index contributed by atoms with van der Waals surface area (Å²) in [5, 5.41) is 0. The van der Waals surface area contributed by atoms with Gasteiger partial charge >= 0.3 is 0 Å². The maximum Gasteiger partial charge on any atom is 0.187 e. The Kier molecular flexibility index (Phi) is 20.0. The smallest absolute Gasteiger partial charge is 0.187 e. The lowest BCUT2D eigenvalue weighted by Gasteiger charge is -2.50. The summed E-state index contributed by atoms with van der Waals surface area (Å²) in [6.07, 6.45) is -9.76. The Morgan fingerprint density at radius 2 is 0.870 bits per heavy atom. The van der Waals surface area contributed by atoms with Gasteiger partial charge in [0.25, 0.3) is 0 Å². The van der Waals surface area contributed by atoms with Crippen molar-refractivity contribution in [2.45, 2.75) is 85.8 Å². The summed E-state index contributed by atoms with van der Waals surface area (Å²) < 4.78 is 94.9. The summed E-state index contributed by atoms with van der Waals surface area (Å²) >= 11 is 0. The van der Waals surface area contributed by atoms with E-state index >= 15 is 0 Å². The Morgan fingerprint density at radius 3 is 1.28 bits per heavy atom. The largest absolute Gasteiger partial charge is 0.382 e. The number of rotatable bonds is 23. The zero-order chi connectivity index (χ0) is 34.2. The van der Waals surface area contributed by atoms with Crippen molar-refractivity contribution >= 4 is 0 Å². The standard InChI is InChI=1S/C30H58O16/c1-31-13-17(35-5)21(36-6)22(37-7)18(14-32-2)44-30-28(26(41-11)24(39-9)20(45-30)16-34-4)46-29-27(42-12)25(40-10)23(38-8)19(43-29)15-33-3/h17-30H,13-16H2,1-12H3/t17-,18-,19-,20-,21-,22-,23-,24-,25+,26+,27+,28+,29-,30-/m1/s1. The average Bonchev–Trinajstić information content (AvgIpc) is 3.06. The number of methoxy groups -OCH3 is 12. The molecule has 274 valence electrons. The van der Waals surface area contributed by atoms with Crippen LogP contribution in [0.5, 0.6) is 0 Å². The molecule has 16 nitrogen and oxygen atoms in total. The summed E-state index contributed by atoms with van der Waals surface area (Å²) in [5.41, 5.74) is 0. The van der Waals surface area contributed by atoms with Crippen LogP contribution in [0, 0.1) is 0 Å². The van der Waals surface area contributed by atoms with Gasteiger partial charge in [0.05, 0.1) is 26.4 Å². The van der Waals surface area contributed by atoms with Gasteiger partial charge < -0.3 is 75.8 Å². The van der Waals surface area contributed by atoms with E-state index in [1.165, 1.54) is 0 Å². The quantitative estimate of drug-likeness (QED) is 0.142. The molecule has 2 heterocycles. The Hall–Kier alpha value is -0.640. The maximum absolute atomic E-state index is 6.71. The lowest BCUT2D eigenvalue weighted by atomic mass is 9.96. The molecule has 0 unspecified atom stereocenters. The summed E-state index contributed by atoms with van der Waals surface area (Å²) in [4.78, 5) is 0. The van der Waals surface area contributed by atoms with Crippen molar-refractivity contribution in [1.82, 2.24) is 0 Å². The summed E-state index contributed by atoms with van der Waals surface area (Å²) in [6.45, 7) is 0.755. The molecule has 0 aromatic rings. The second-order valence-electron chi connectivity index (χ2n) is 10.9. The fourth-order valence-electron chi connectivity index (χ4n) is 6.23. The van der Waals surface area contributed by atoms with Crippen molar-refractivity contribution in [1.29, 1.82) is 0 Å². The molecule has 16 heteroatoms. The van der Waals surface area contributed by atoms with Crippen LogP contribution in [0.4, 0.5) is 0 Å². The molecule has 14 atom stereocenters. The highest BCUT2D eigenvalue weighted by molar-refractivity contribution is 4.97. The zero-order valence-corrected chi connectivity index (χ0v) is 29.4. The van der Waals surface area contributed by atoms with E-state index < -0.39 is 85.8 Å². The van der Waals surface area contributed by atoms with E-state index in [0.29, 0.717) is 0 Å². The molecular formula is C30H58O16. The van der Waals surface area contributed by atoms with E-state index in [1.54, 1.807) is 85.3 Å². The Bertz CT molecular complexity index is 781. The highest BCUT2D eigenvalue weighted by Crippen LogP contribution is 2.35. The van der Waals surface area contributed by atoms with E-state index in [-0.39, 0.29) is 26.4 Å². The van der Waals surface area contributed by atoms with E-state index in [1.807, 2.05) is 0 Å². The van der Waals surface area contributed by atoms with Gasteiger partial charge in [0, 0.05) is 85.3 Å². The predicted octanol–water partition coefficient (Wildman–Crippen LogP) is -0.0878. The first-order valence-electron chi connectivity index (χ1n) is 15.1. The first kappa shape index (κ1) is 41.5. The third-order valence-electron chi connectivity index (χ3n) is 8.37. The fraction of sp³-hybridized carbons (Fsp3) is 1.00. The van der Waals surface area contributed by atoms with Gasteiger partial charge in [0.1, 0.15) is 73.2 Å². The summed E-state index contributed by atoms with van der Waals surface area (Å²) in [7, 11) is 18.8. The lowest BCUT2D eigenvalue weighted by molar-refractivity contribution is -0.382. The van der Waals surface area contributed by atoms with Crippen molar-refractivity contribution in [3.8, 4) is 0 Å². The van der Waals surface area contributed by atoms with Crippen molar-refractivity contribution in [2.24, 2.45) is 0 Å². The number of hydrogen-bond acceptors (Lipinski definition) is 16. The van der Waals surface area contributed by atoms with Crippen molar-refractivity contribution < 1.29 is 75.8 Å². The van der Waals surface area contributed by atoms with Crippen LogP contribution in [0.2, 0.25) is 0 Å².